The van der Waals surface area contributed by atoms with E-state index in [2.05, 4.69) is 0 Å². The van der Waals surface area contributed by atoms with Gasteiger partial charge < -0.3 is 4.90 Å². The Bertz CT molecular complexity index is 873. The molecule has 5 nitrogen and oxygen atoms in total. The van der Waals surface area contributed by atoms with Crippen molar-refractivity contribution < 1.29 is 13.2 Å². The largest absolute Gasteiger partial charge is 0.342 e. The number of aryl methyl sites for hydroxylation is 2. The second-order valence-corrected chi connectivity index (χ2v) is 8.24. The molecule has 0 bridgehead atoms. The van der Waals surface area contributed by atoms with Gasteiger partial charge in [0.1, 0.15) is 6.54 Å². The predicted octanol–water partition coefficient (Wildman–Crippen LogP) is 3.62. The van der Waals surface area contributed by atoms with E-state index in [1.165, 1.54) is 4.31 Å². The number of hydrogen-bond donors (Lipinski definition) is 0. The van der Waals surface area contributed by atoms with E-state index in [0.717, 1.165) is 11.1 Å². The Kier molecular flexibility index (Phi) is 7.02. The number of nitrogens with zero attached hydrogens (tertiary/aromatic N) is 2. The first-order chi connectivity index (χ1) is 12.8. The normalized spacial score (nSPS) is 11.3. The maximum Gasteiger partial charge on any atom is 0.264 e. The van der Waals surface area contributed by atoms with E-state index in [4.69, 9.17) is 0 Å². The Morgan fingerprint density at radius 3 is 2.07 bits per heavy atom. The molecule has 0 spiro atoms. The lowest BCUT2D eigenvalue weighted by Gasteiger charge is -2.28. The van der Waals surface area contributed by atoms with Gasteiger partial charge in [-0.15, -0.1) is 0 Å². The minimum absolute atomic E-state index is 0.186. The molecule has 2 aromatic carbocycles. The molecule has 0 unspecified atom stereocenters. The summed E-state index contributed by atoms with van der Waals surface area (Å²) >= 11 is 0. The zero-order valence-corrected chi connectivity index (χ0v) is 17.3. The van der Waals surface area contributed by atoms with Crippen molar-refractivity contribution in [3.05, 3.63) is 59.7 Å². The van der Waals surface area contributed by atoms with Gasteiger partial charge in [-0.05, 0) is 51.0 Å². The van der Waals surface area contributed by atoms with Gasteiger partial charge in [0.25, 0.3) is 10.0 Å². The van der Waals surface area contributed by atoms with Gasteiger partial charge in [0, 0.05) is 13.1 Å². The summed E-state index contributed by atoms with van der Waals surface area (Å²) in [6.07, 6.45) is 0.676. The molecule has 0 atom stereocenters. The van der Waals surface area contributed by atoms with Crippen molar-refractivity contribution >= 4 is 21.6 Å². The Balaban J connectivity index is 2.55. The predicted molar refractivity (Wildman–Crippen MR) is 109 cm³/mol. The molecular formula is C21H28N2O3S. The van der Waals surface area contributed by atoms with Crippen LogP contribution >= 0.6 is 0 Å². The molecule has 0 aliphatic rings. The number of likely N-dealkylation sites (N-methyl/N-ethyl adjacent to an activating group) is 1. The Morgan fingerprint density at radius 1 is 0.926 bits per heavy atom. The first-order valence-corrected chi connectivity index (χ1v) is 10.7. The van der Waals surface area contributed by atoms with Gasteiger partial charge in [-0.3, -0.25) is 9.10 Å². The molecule has 0 saturated carbocycles. The highest BCUT2D eigenvalue weighted by Gasteiger charge is 2.29. The van der Waals surface area contributed by atoms with Gasteiger partial charge in [-0.1, -0.05) is 42.8 Å². The van der Waals surface area contributed by atoms with Crippen molar-refractivity contribution in [2.75, 3.05) is 23.9 Å². The molecule has 27 heavy (non-hydrogen) atoms. The third-order valence-corrected chi connectivity index (χ3v) is 6.42. The number of para-hydroxylation sites is 1. The van der Waals surface area contributed by atoms with Crippen LogP contribution in [0.1, 0.15) is 31.9 Å². The van der Waals surface area contributed by atoms with Gasteiger partial charge in [0.05, 0.1) is 10.6 Å². The highest BCUT2D eigenvalue weighted by atomic mass is 32.2. The van der Waals surface area contributed by atoms with E-state index in [1.54, 1.807) is 41.3 Å². The van der Waals surface area contributed by atoms with Crippen LogP contribution in [0.2, 0.25) is 0 Å². The van der Waals surface area contributed by atoms with Crippen molar-refractivity contribution in [3.8, 4) is 0 Å². The summed E-state index contributed by atoms with van der Waals surface area (Å²) in [7, 11) is -3.86. The number of rotatable bonds is 8. The van der Waals surface area contributed by atoms with E-state index < -0.39 is 10.0 Å². The van der Waals surface area contributed by atoms with Gasteiger partial charge in [-0.25, -0.2) is 8.42 Å². The first-order valence-electron chi connectivity index (χ1n) is 9.30. The lowest BCUT2D eigenvalue weighted by Crippen LogP contribution is -2.43. The Labute approximate surface area is 162 Å². The molecule has 2 rings (SSSR count). The Morgan fingerprint density at radius 2 is 1.52 bits per heavy atom. The van der Waals surface area contributed by atoms with Crippen molar-refractivity contribution in [2.45, 2.75) is 39.0 Å². The standard InChI is InChI=1S/C21H28N2O3S/c1-5-18-10-8-9-11-20(18)23(16-21(24)22(6-2)7-3)27(25,26)19-14-12-17(4)13-15-19/h8-15H,5-7,16H2,1-4H3. The molecule has 2 aromatic rings. The molecular weight excluding hydrogens is 360 g/mol. The smallest absolute Gasteiger partial charge is 0.264 e. The second kappa shape index (κ2) is 9.04. The van der Waals surface area contributed by atoms with Gasteiger partial charge in [0.15, 0.2) is 0 Å². The fourth-order valence-corrected chi connectivity index (χ4v) is 4.44. The van der Waals surface area contributed by atoms with Crippen LogP contribution in [0.5, 0.6) is 0 Å². The van der Waals surface area contributed by atoms with E-state index in [0.29, 0.717) is 25.2 Å². The van der Waals surface area contributed by atoms with Crippen molar-refractivity contribution in [3.63, 3.8) is 0 Å². The van der Waals surface area contributed by atoms with Crippen LogP contribution in [-0.2, 0) is 21.2 Å². The van der Waals surface area contributed by atoms with E-state index in [-0.39, 0.29) is 17.3 Å². The highest BCUT2D eigenvalue weighted by Crippen LogP contribution is 2.28. The van der Waals surface area contributed by atoms with Crippen LogP contribution in [0.15, 0.2) is 53.4 Å². The molecule has 0 saturated heterocycles. The Hall–Kier alpha value is -2.34. The summed E-state index contributed by atoms with van der Waals surface area (Å²) in [4.78, 5) is 14.6. The quantitative estimate of drug-likeness (QED) is 0.694. The topological polar surface area (TPSA) is 57.7 Å². The van der Waals surface area contributed by atoms with E-state index >= 15 is 0 Å². The number of sulfonamides is 1. The minimum Gasteiger partial charge on any atom is -0.342 e. The zero-order valence-electron chi connectivity index (χ0n) is 16.5. The number of anilines is 1. The lowest BCUT2D eigenvalue weighted by molar-refractivity contribution is -0.129. The van der Waals surface area contributed by atoms with E-state index in [1.807, 2.05) is 39.8 Å². The van der Waals surface area contributed by atoms with Crippen LogP contribution in [-0.4, -0.2) is 38.9 Å². The summed E-state index contributed by atoms with van der Waals surface area (Å²) in [6.45, 7) is 8.54. The van der Waals surface area contributed by atoms with Crippen LogP contribution in [0.4, 0.5) is 5.69 Å². The molecule has 0 aliphatic heterocycles. The number of carbonyl (C=O) groups excluding carboxylic acids is 1. The summed E-state index contributed by atoms with van der Waals surface area (Å²) < 4.78 is 28.1. The third-order valence-electron chi connectivity index (χ3n) is 4.65. The average molecular weight is 389 g/mol. The third kappa shape index (κ3) is 4.69. The monoisotopic (exact) mass is 388 g/mol. The fraction of sp³-hybridized carbons (Fsp3) is 0.381. The maximum absolute atomic E-state index is 13.4. The van der Waals surface area contributed by atoms with Crippen LogP contribution < -0.4 is 4.31 Å². The molecule has 0 fully saturated rings. The summed E-state index contributed by atoms with van der Waals surface area (Å²) in [6, 6.07) is 14.1. The van der Waals surface area contributed by atoms with Gasteiger partial charge in [-0.2, -0.15) is 0 Å². The lowest BCUT2D eigenvalue weighted by atomic mass is 10.1. The maximum atomic E-state index is 13.4. The molecule has 0 aliphatic carbocycles. The molecule has 0 N–H and O–H groups in total. The van der Waals surface area contributed by atoms with Crippen molar-refractivity contribution in [1.82, 2.24) is 4.90 Å². The number of amides is 1. The number of hydrogen-bond acceptors (Lipinski definition) is 3. The summed E-state index contributed by atoms with van der Waals surface area (Å²) in [5.41, 5.74) is 2.43. The van der Waals surface area contributed by atoms with E-state index in [9.17, 15) is 13.2 Å². The minimum atomic E-state index is -3.86. The van der Waals surface area contributed by atoms with Crippen molar-refractivity contribution in [1.29, 1.82) is 0 Å². The second-order valence-electron chi connectivity index (χ2n) is 6.37. The molecule has 6 heteroatoms. The summed E-state index contributed by atoms with van der Waals surface area (Å²) in [5, 5.41) is 0. The van der Waals surface area contributed by atoms with Crippen molar-refractivity contribution in [2.24, 2.45) is 0 Å². The molecule has 0 heterocycles. The molecule has 0 aromatic heterocycles. The zero-order chi connectivity index (χ0) is 20.0. The number of carbonyl (C=O) groups is 1. The molecule has 146 valence electrons. The molecule has 1 amide bonds. The molecule has 0 radical (unpaired) electrons. The van der Waals surface area contributed by atoms with Crippen LogP contribution in [0, 0.1) is 6.92 Å². The number of benzene rings is 2. The van der Waals surface area contributed by atoms with Crippen LogP contribution in [0.25, 0.3) is 0 Å². The first kappa shape index (κ1) is 21.0. The van der Waals surface area contributed by atoms with Gasteiger partial charge in [0.2, 0.25) is 5.91 Å². The highest BCUT2D eigenvalue weighted by molar-refractivity contribution is 7.92. The van der Waals surface area contributed by atoms with Gasteiger partial charge >= 0.3 is 0 Å². The fourth-order valence-electron chi connectivity index (χ4n) is 2.99. The summed E-state index contributed by atoms with van der Waals surface area (Å²) in [5.74, 6) is -0.207. The SMILES string of the molecule is CCc1ccccc1N(CC(=O)N(CC)CC)S(=O)(=O)c1ccc(C)cc1. The average Bonchev–Trinajstić information content (AvgIpc) is 2.67. The van der Waals surface area contributed by atoms with Crippen LogP contribution in [0.3, 0.4) is 0 Å².